The van der Waals surface area contributed by atoms with Crippen LogP contribution in [0.15, 0.2) is 24.3 Å². The van der Waals surface area contributed by atoms with Gasteiger partial charge in [0.2, 0.25) is 11.8 Å². The molecule has 0 aromatic heterocycles. The third kappa shape index (κ3) is 9.44. The van der Waals surface area contributed by atoms with Crippen LogP contribution in [0.3, 0.4) is 0 Å². The zero-order valence-corrected chi connectivity index (χ0v) is 19.8. The molecule has 2 amide bonds. The second kappa shape index (κ2) is 10.2. The Morgan fingerprint density at radius 1 is 1.00 bits per heavy atom. The fourth-order valence-electron chi connectivity index (χ4n) is 3.19. The molecule has 5 nitrogen and oxygen atoms in total. The highest BCUT2D eigenvalue weighted by atomic mass is 16.2. The first-order valence-electron chi connectivity index (χ1n) is 10.6. The molecular formula is C24H41N3O2. The molecule has 164 valence electrons. The van der Waals surface area contributed by atoms with Crippen molar-refractivity contribution >= 4 is 11.8 Å². The SMILES string of the molecule is CC(C)CC(C(=O)NCC(=O)NC(C)(C)C)N(C)Cc1ccc(C(C)(C)C)cc1. The summed E-state index contributed by atoms with van der Waals surface area (Å²) in [7, 11) is 1.97. The number of carbonyl (C=O) groups excluding carboxylic acids is 2. The van der Waals surface area contributed by atoms with Crippen LogP contribution >= 0.6 is 0 Å². The van der Waals surface area contributed by atoms with E-state index in [4.69, 9.17) is 0 Å². The van der Waals surface area contributed by atoms with Gasteiger partial charge in [0, 0.05) is 12.1 Å². The number of nitrogens with zero attached hydrogens (tertiary/aromatic N) is 1. The summed E-state index contributed by atoms with van der Waals surface area (Å²) in [5.41, 5.74) is 2.28. The van der Waals surface area contributed by atoms with Crippen molar-refractivity contribution < 1.29 is 9.59 Å². The Kier molecular flexibility index (Phi) is 8.88. The second-order valence-corrected chi connectivity index (χ2v) is 10.5. The number of nitrogens with one attached hydrogen (secondary N) is 2. The zero-order valence-electron chi connectivity index (χ0n) is 19.8. The maximum Gasteiger partial charge on any atom is 0.239 e. The van der Waals surface area contributed by atoms with Crippen LogP contribution in [0.1, 0.15) is 72.9 Å². The minimum Gasteiger partial charge on any atom is -0.350 e. The Bertz CT molecular complexity index is 667. The fourth-order valence-corrected chi connectivity index (χ4v) is 3.19. The Hall–Kier alpha value is -1.88. The van der Waals surface area contributed by atoms with Gasteiger partial charge in [-0.2, -0.15) is 0 Å². The standard InChI is InChI=1S/C24H41N3O2/c1-17(2)14-20(22(29)25-15-21(28)26-24(6,7)8)27(9)16-18-10-12-19(13-11-18)23(3,4)5/h10-13,17,20H,14-16H2,1-9H3,(H,25,29)(H,26,28). The largest absolute Gasteiger partial charge is 0.350 e. The third-order valence-electron chi connectivity index (χ3n) is 4.72. The van der Waals surface area contributed by atoms with E-state index in [0.717, 1.165) is 6.42 Å². The molecule has 0 aliphatic heterocycles. The number of carbonyl (C=O) groups is 2. The van der Waals surface area contributed by atoms with E-state index in [0.29, 0.717) is 12.5 Å². The molecule has 0 radical (unpaired) electrons. The Balaban J connectivity index is 2.78. The molecule has 0 saturated heterocycles. The molecule has 0 fully saturated rings. The number of likely N-dealkylation sites (N-methyl/N-ethyl adjacent to an activating group) is 1. The van der Waals surface area contributed by atoms with Gasteiger partial charge >= 0.3 is 0 Å². The van der Waals surface area contributed by atoms with E-state index in [1.165, 1.54) is 11.1 Å². The van der Waals surface area contributed by atoms with Gasteiger partial charge in [-0.05, 0) is 56.7 Å². The van der Waals surface area contributed by atoms with E-state index >= 15 is 0 Å². The first kappa shape index (κ1) is 25.2. The first-order valence-corrected chi connectivity index (χ1v) is 10.6. The smallest absolute Gasteiger partial charge is 0.239 e. The van der Waals surface area contributed by atoms with E-state index < -0.39 is 0 Å². The van der Waals surface area contributed by atoms with Crippen molar-refractivity contribution in [1.29, 1.82) is 0 Å². The molecule has 0 aliphatic rings. The summed E-state index contributed by atoms with van der Waals surface area (Å²) in [5.74, 6) is 0.103. The van der Waals surface area contributed by atoms with Crippen molar-refractivity contribution in [3.8, 4) is 0 Å². The average Bonchev–Trinajstić information content (AvgIpc) is 2.55. The minimum absolute atomic E-state index is 0.00117. The topological polar surface area (TPSA) is 61.4 Å². The molecule has 0 heterocycles. The van der Waals surface area contributed by atoms with Crippen molar-refractivity contribution in [2.45, 2.75) is 85.4 Å². The summed E-state index contributed by atoms with van der Waals surface area (Å²) in [5, 5.41) is 5.69. The Morgan fingerprint density at radius 2 is 1.55 bits per heavy atom. The van der Waals surface area contributed by atoms with Gasteiger partial charge in [0.15, 0.2) is 0 Å². The lowest BCUT2D eigenvalue weighted by Crippen LogP contribution is -2.50. The molecule has 0 spiro atoms. The van der Waals surface area contributed by atoms with Crippen LogP contribution < -0.4 is 10.6 Å². The molecule has 1 rings (SSSR count). The lowest BCUT2D eigenvalue weighted by atomic mass is 9.86. The normalized spacial score (nSPS) is 13.5. The monoisotopic (exact) mass is 403 g/mol. The van der Waals surface area contributed by atoms with Gasteiger partial charge in [-0.15, -0.1) is 0 Å². The van der Waals surface area contributed by atoms with E-state index in [2.05, 4.69) is 74.4 Å². The average molecular weight is 404 g/mol. The predicted molar refractivity (Wildman–Crippen MR) is 121 cm³/mol. The van der Waals surface area contributed by atoms with Gasteiger partial charge in [-0.3, -0.25) is 14.5 Å². The second-order valence-electron chi connectivity index (χ2n) is 10.5. The molecule has 0 bridgehead atoms. The summed E-state index contributed by atoms with van der Waals surface area (Å²) in [4.78, 5) is 26.9. The van der Waals surface area contributed by atoms with Crippen LogP contribution in [-0.4, -0.2) is 41.9 Å². The number of benzene rings is 1. The van der Waals surface area contributed by atoms with Gasteiger partial charge in [-0.25, -0.2) is 0 Å². The van der Waals surface area contributed by atoms with Crippen LogP contribution in [0.5, 0.6) is 0 Å². The summed E-state index contributed by atoms with van der Waals surface area (Å²) in [6, 6.07) is 8.32. The maximum absolute atomic E-state index is 12.8. The third-order valence-corrected chi connectivity index (χ3v) is 4.72. The quantitative estimate of drug-likeness (QED) is 0.693. The van der Waals surface area contributed by atoms with Crippen LogP contribution in [0.2, 0.25) is 0 Å². The van der Waals surface area contributed by atoms with E-state index in [9.17, 15) is 9.59 Å². The fraction of sp³-hybridized carbons (Fsp3) is 0.667. The molecule has 5 heteroatoms. The highest BCUT2D eigenvalue weighted by molar-refractivity contribution is 5.87. The summed E-state index contributed by atoms with van der Waals surface area (Å²) in [6.45, 7) is 17.3. The van der Waals surface area contributed by atoms with Crippen LogP contribution in [-0.2, 0) is 21.5 Å². The van der Waals surface area contributed by atoms with E-state index in [1.807, 2.05) is 27.8 Å². The number of amides is 2. The zero-order chi connectivity index (χ0) is 22.4. The molecule has 0 saturated carbocycles. The van der Waals surface area contributed by atoms with Gasteiger partial charge in [0.05, 0.1) is 12.6 Å². The van der Waals surface area contributed by atoms with Gasteiger partial charge in [-0.1, -0.05) is 58.9 Å². The first-order chi connectivity index (χ1) is 13.2. The molecule has 2 N–H and O–H groups in total. The maximum atomic E-state index is 12.8. The van der Waals surface area contributed by atoms with Crippen LogP contribution in [0.4, 0.5) is 0 Å². The molecule has 29 heavy (non-hydrogen) atoms. The van der Waals surface area contributed by atoms with Crippen molar-refractivity contribution in [1.82, 2.24) is 15.5 Å². The van der Waals surface area contributed by atoms with Crippen molar-refractivity contribution in [3.05, 3.63) is 35.4 Å². The molecular weight excluding hydrogens is 362 g/mol. The van der Waals surface area contributed by atoms with Crippen molar-refractivity contribution in [2.24, 2.45) is 5.92 Å². The Morgan fingerprint density at radius 3 is 2.00 bits per heavy atom. The molecule has 1 aromatic carbocycles. The lowest BCUT2D eigenvalue weighted by Gasteiger charge is -2.29. The van der Waals surface area contributed by atoms with Crippen LogP contribution in [0, 0.1) is 5.92 Å². The minimum atomic E-state index is -0.310. The van der Waals surface area contributed by atoms with E-state index in [1.54, 1.807) is 0 Å². The number of hydrogen-bond donors (Lipinski definition) is 2. The molecule has 0 aliphatic carbocycles. The molecule has 1 atom stereocenters. The molecule has 1 aromatic rings. The summed E-state index contributed by atoms with van der Waals surface area (Å²) >= 11 is 0. The van der Waals surface area contributed by atoms with Gasteiger partial charge < -0.3 is 10.6 Å². The summed E-state index contributed by atoms with van der Waals surface area (Å²) < 4.78 is 0. The molecule has 1 unspecified atom stereocenters. The summed E-state index contributed by atoms with van der Waals surface area (Å²) in [6.07, 6.45) is 0.739. The van der Waals surface area contributed by atoms with Crippen molar-refractivity contribution in [2.75, 3.05) is 13.6 Å². The predicted octanol–water partition coefficient (Wildman–Crippen LogP) is 3.86. The van der Waals surface area contributed by atoms with Gasteiger partial charge in [0.1, 0.15) is 0 Å². The highest BCUT2D eigenvalue weighted by Gasteiger charge is 2.25. The van der Waals surface area contributed by atoms with Crippen LogP contribution in [0.25, 0.3) is 0 Å². The number of hydrogen-bond acceptors (Lipinski definition) is 3. The highest BCUT2D eigenvalue weighted by Crippen LogP contribution is 2.23. The number of rotatable bonds is 8. The van der Waals surface area contributed by atoms with Crippen molar-refractivity contribution in [3.63, 3.8) is 0 Å². The van der Waals surface area contributed by atoms with Gasteiger partial charge in [0.25, 0.3) is 0 Å². The van der Waals surface area contributed by atoms with E-state index in [-0.39, 0.29) is 35.4 Å². The Labute approximate surface area is 177 Å². The lowest BCUT2D eigenvalue weighted by molar-refractivity contribution is -0.130.